The van der Waals surface area contributed by atoms with Gasteiger partial charge in [-0.1, -0.05) is 0 Å². The summed E-state index contributed by atoms with van der Waals surface area (Å²) in [5.74, 6) is 0.166. The van der Waals surface area contributed by atoms with Crippen LogP contribution in [-0.2, 0) is 0 Å². The van der Waals surface area contributed by atoms with E-state index in [0.29, 0.717) is 6.04 Å². The van der Waals surface area contributed by atoms with E-state index in [9.17, 15) is 4.79 Å². The van der Waals surface area contributed by atoms with Gasteiger partial charge in [0.2, 0.25) is 0 Å². The van der Waals surface area contributed by atoms with E-state index in [1.807, 2.05) is 29.2 Å². The molecule has 1 aromatic carbocycles. The molecule has 3 rings (SSSR count). The average molecular weight is 303 g/mol. The molecule has 112 valence electrons. The fraction of sp³-hybridized carbons (Fsp3) is 0.438. The maximum atomic E-state index is 12.8. The van der Waals surface area contributed by atoms with E-state index in [1.54, 1.807) is 11.3 Å². The molecule has 0 bridgehead atoms. The first-order valence-corrected chi connectivity index (χ1v) is 8.11. The zero-order chi connectivity index (χ0) is 15.0. The van der Waals surface area contributed by atoms with Gasteiger partial charge in [0, 0.05) is 29.5 Å². The highest BCUT2D eigenvalue weighted by molar-refractivity contribution is 7.20. The van der Waals surface area contributed by atoms with Gasteiger partial charge < -0.3 is 15.5 Å². The van der Waals surface area contributed by atoms with Crippen molar-refractivity contribution in [2.75, 3.05) is 32.9 Å². The monoisotopic (exact) mass is 303 g/mol. The molecule has 1 aliphatic rings. The lowest BCUT2D eigenvalue weighted by Gasteiger charge is -2.26. The molecule has 1 amide bonds. The Balaban J connectivity index is 1.85. The third kappa shape index (κ3) is 2.89. The molecule has 2 N–H and O–H groups in total. The summed E-state index contributed by atoms with van der Waals surface area (Å²) in [6.07, 6.45) is 2.20. The minimum absolute atomic E-state index is 0.166. The van der Waals surface area contributed by atoms with E-state index in [-0.39, 0.29) is 5.91 Å². The third-order valence-corrected chi connectivity index (χ3v) is 5.07. The number of hydrogen-bond acceptors (Lipinski definition) is 4. The van der Waals surface area contributed by atoms with Gasteiger partial charge >= 0.3 is 0 Å². The van der Waals surface area contributed by atoms with Gasteiger partial charge in [0.25, 0.3) is 5.91 Å². The number of thiophene rings is 1. The van der Waals surface area contributed by atoms with E-state index < -0.39 is 0 Å². The number of anilines is 1. The summed E-state index contributed by atoms with van der Waals surface area (Å²) >= 11 is 1.56. The highest BCUT2D eigenvalue weighted by Gasteiger charge is 2.30. The lowest BCUT2D eigenvalue weighted by Crippen LogP contribution is -2.41. The van der Waals surface area contributed by atoms with E-state index in [2.05, 4.69) is 19.0 Å². The number of rotatable bonds is 3. The molecule has 1 fully saturated rings. The summed E-state index contributed by atoms with van der Waals surface area (Å²) in [4.78, 5) is 17.8. The summed E-state index contributed by atoms with van der Waals surface area (Å²) in [7, 11) is 4.12. The van der Waals surface area contributed by atoms with Crippen LogP contribution >= 0.6 is 11.3 Å². The van der Waals surface area contributed by atoms with E-state index in [1.165, 1.54) is 0 Å². The van der Waals surface area contributed by atoms with Crippen LogP contribution in [0.4, 0.5) is 5.69 Å². The predicted octanol–water partition coefficient (Wildman–Crippen LogP) is 2.65. The summed E-state index contributed by atoms with van der Waals surface area (Å²) in [6.45, 7) is 1.80. The Morgan fingerprint density at radius 1 is 1.43 bits per heavy atom. The van der Waals surface area contributed by atoms with Gasteiger partial charge in [-0.15, -0.1) is 11.3 Å². The Morgan fingerprint density at radius 3 is 3.00 bits per heavy atom. The maximum Gasteiger partial charge on any atom is 0.264 e. The molecule has 0 radical (unpaired) electrons. The fourth-order valence-corrected chi connectivity index (χ4v) is 4.02. The van der Waals surface area contributed by atoms with Crippen molar-refractivity contribution in [3.63, 3.8) is 0 Å². The highest BCUT2D eigenvalue weighted by Crippen LogP contribution is 2.30. The Hall–Kier alpha value is -1.59. The lowest BCUT2D eigenvalue weighted by molar-refractivity contribution is 0.0721. The molecule has 1 aromatic heterocycles. The Labute approximate surface area is 129 Å². The van der Waals surface area contributed by atoms with Crippen molar-refractivity contribution in [2.24, 2.45) is 0 Å². The minimum atomic E-state index is 0.166. The second kappa shape index (κ2) is 5.66. The molecule has 1 atom stereocenters. The van der Waals surface area contributed by atoms with Crippen molar-refractivity contribution < 1.29 is 4.79 Å². The van der Waals surface area contributed by atoms with Gasteiger partial charge in [-0.3, -0.25) is 4.79 Å². The standard InChI is InChI=1S/C16H21N3OS/c1-18(2)10-13-4-3-7-19(13)16(20)15-9-11-8-12(17)5-6-14(11)21-15/h5-6,8-9,13H,3-4,7,10,17H2,1-2H3. The molecule has 0 saturated carbocycles. The SMILES string of the molecule is CN(C)CC1CCCN1C(=O)c1cc2cc(N)ccc2s1. The van der Waals surface area contributed by atoms with Crippen molar-refractivity contribution in [3.8, 4) is 0 Å². The van der Waals surface area contributed by atoms with Crippen molar-refractivity contribution in [3.05, 3.63) is 29.1 Å². The first-order chi connectivity index (χ1) is 10.0. The van der Waals surface area contributed by atoms with Crippen LogP contribution in [0.5, 0.6) is 0 Å². The highest BCUT2D eigenvalue weighted by atomic mass is 32.1. The smallest absolute Gasteiger partial charge is 0.264 e. The van der Waals surface area contributed by atoms with Crippen LogP contribution in [-0.4, -0.2) is 48.9 Å². The zero-order valence-electron chi connectivity index (χ0n) is 12.5. The van der Waals surface area contributed by atoms with E-state index in [4.69, 9.17) is 5.73 Å². The molecular formula is C16H21N3OS. The Morgan fingerprint density at radius 2 is 2.24 bits per heavy atom. The number of nitrogen functional groups attached to an aromatic ring is 1. The average Bonchev–Trinajstić information content (AvgIpc) is 3.03. The number of likely N-dealkylation sites (N-methyl/N-ethyl adjacent to an activating group) is 1. The van der Waals surface area contributed by atoms with Crippen LogP contribution in [0.25, 0.3) is 10.1 Å². The first-order valence-electron chi connectivity index (χ1n) is 7.29. The number of nitrogens with two attached hydrogens (primary N) is 1. The van der Waals surface area contributed by atoms with Gasteiger partial charge in [0.05, 0.1) is 4.88 Å². The molecule has 2 aromatic rings. The van der Waals surface area contributed by atoms with Crippen LogP contribution in [0.1, 0.15) is 22.5 Å². The van der Waals surface area contributed by atoms with E-state index in [0.717, 1.165) is 46.6 Å². The number of carbonyl (C=O) groups excluding carboxylic acids is 1. The van der Waals surface area contributed by atoms with Gasteiger partial charge in [-0.05, 0) is 56.6 Å². The fourth-order valence-electron chi connectivity index (χ4n) is 3.02. The molecule has 1 aliphatic heterocycles. The number of hydrogen-bond donors (Lipinski definition) is 1. The number of carbonyl (C=O) groups is 1. The number of nitrogens with zero attached hydrogens (tertiary/aromatic N) is 2. The molecule has 4 nitrogen and oxygen atoms in total. The predicted molar refractivity (Wildman–Crippen MR) is 88.8 cm³/mol. The van der Waals surface area contributed by atoms with Crippen LogP contribution in [0.15, 0.2) is 24.3 Å². The second-order valence-electron chi connectivity index (χ2n) is 5.96. The number of likely N-dealkylation sites (tertiary alicyclic amines) is 1. The van der Waals surface area contributed by atoms with Crippen molar-refractivity contribution in [1.29, 1.82) is 0 Å². The summed E-state index contributed by atoms with van der Waals surface area (Å²) in [5, 5.41) is 1.06. The minimum Gasteiger partial charge on any atom is -0.399 e. The van der Waals surface area contributed by atoms with Crippen molar-refractivity contribution in [1.82, 2.24) is 9.80 Å². The second-order valence-corrected chi connectivity index (χ2v) is 7.05. The summed E-state index contributed by atoms with van der Waals surface area (Å²) in [6, 6.07) is 8.13. The molecule has 21 heavy (non-hydrogen) atoms. The first kappa shape index (κ1) is 14.4. The Kier molecular flexibility index (Phi) is 3.87. The molecular weight excluding hydrogens is 282 g/mol. The van der Waals surface area contributed by atoms with Gasteiger partial charge in [0.15, 0.2) is 0 Å². The van der Waals surface area contributed by atoms with Crippen LogP contribution in [0, 0.1) is 0 Å². The van der Waals surface area contributed by atoms with Gasteiger partial charge in [0.1, 0.15) is 0 Å². The number of fused-ring (bicyclic) bond motifs is 1. The molecule has 0 aliphatic carbocycles. The van der Waals surface area contributed by atoms with Crippen molar-refractivity contribution in [2.45, 2.75) is 18.9 Å². The molecule has 2 heterocycles. The maximum absolute atomic E-state index is 12.8. The topological polar surface area (TPSA) is 49.6 Å². The molecule has 1 saturated heterocycles. The number of benzene rings is 1. The summed E-state index contributed by atoms with van der Waals surface area (Å²) in [5.41, 5.74) is 6.55. The molecule has 1 unspecified atom stereocenters. The molecule has 0 spiro atoms. The zero-order valence-corrected chi connectivity index (χ0v) is 13.3. The normalized spacial score (nSPS) is 18.8. The molecule has 5 heteroatoms. The quantitative estimate of drug-likeness (QED) is 0.887. The third-order valence-electron chi connectivity index (χ3n) is 3.97. The summed E-state index contributed by atoms with van der Waals surface area (Å²) < 4.78 is 1.12. The van der Waals surface area contributed by atoms with Crippen LogP contribution in [0.3, 0.4) is 0 Å². The lowest BCUT2D eigenvalue weighted by atomic mass is 10.2. The van der Waals surface area contributed by atoms with Gasteiger partial charge in [-0.25, -0.2) is 0 Å². The van der Waals surface area contributed by atoms with Crippen LogP contribution < -0.4 is 5.73 Å². The number of amides is 1. The van der Waals surface area contributed by atoms with Crippen LogP contribution in [0.2, 0.25) is 0 Å². The van der Waals surface area contributed by atoms with E-state index >= 15 is 0 Å². The Bertz CT molecular complexity index is 665. The van der Waals surface area contributed by atoms with Gasteiger partial charge in [-0.2, -0.15) is 0 Å². The van der Waals surface area contributed by atoms with Crippen molar-refractivity contribution >= 4 is 33.0 Å². The largest absolute Gasteiger partial charge is 0.399 e.